The second kappa shape index (κ2) is 12.1. The molecule has 4 heteroatoms. The van der Waals surface area contributed by atoms with Crippen LogP contribution < -0.4 is 10.6 Å². The van der Waals surface area contributed by atoms with Crippen LogP contribution in [0.3, 0.4) is 0 Å². The van der Waals surface area contributed by atoms with Gasteiger partial charge in [0, 0.05) is 23.0 Å². The molecule has 0 radical (unpaired) electrons. The van der Waals surface area contributed by atoms with Gasteiger partial charge in [0.1, 0.15) is 0 Å². The first-order valence-corrected chi connectivity index (χ1v) is 18.2. The minimum absolute atomic E-state index is 0.141. The molecule has 0 bridgehead atoms. The molecule has 8 unspecified atom stereocenters. The summed E-state index contributed by atoms with van der Waals surface area (Å²) in [7, 11) is 0. The predicted molar refractivity (Wildman–Crippen MR) is 186 cm³/mol. The monoisotopic (exact) mass is 602 g/mol. The minimum Gasteiger partial charge on any atom is -0.283 e. The van der Waals surface area contributed by atoms with Gasteiger partial charge >= 0.3 is 0 Å². The summed E-state index contributed by atoms with van der Waals surface area (Å²) in [6, 6.07) is 0. The zero-order chi connectivity index (χ0) is 28.8. The van der Waals surface area contributed by atoms with Gasteiger partial charge in [0.15, 0.2) is 0 Å². The predicted octanol–water partition coefficient (Wildman–Crippen LogP) is 9.14. The Morgan fingerprint density at radius 2 is 1.77 bits per heavy atom. The van der Waals surface area contributed by atoms with Crippen LogP contribution in [0, 0.1) is 23.7 Å². The third-order valence-electron chi connectivity index (χ3n) is 10.2. The Balaban J connectivity index is 1.08. The van der Waals surface area contributed by atoms with Gasteiger partial charge in [-0.25, -0.2) is 0 Å². The molecule has 8 aliphatic rings. The number of allylic oxidation sites excluding steroid dienone is 17. The Hall–Kier alpha value is -2.50. The second-order valence-electron chi connectivity index (χ2n) is 13.1. The van der Waals surface area contributed by atoms with E-state index in [1.165, 1.54) is 22.3 Å². The van der Waals surface area contributed by atoms with Crippen molar-refractivity contribution in [2.75, 3.05) is 0 Å². The van der Waals surface area contributed by atoms with Gasteiger partial charge < -0.3 is 0 Å². The summed E-state index contributed by atoms with van der Waals surface area (Å²) in [4.78, 5) is 0. The maximum Gasteiger partial charge on any atom is 0.0854 e. The van der Waals surface area contributed by atoms with E-state index in [0.717, 1.165) is 38.5 Å². The Kier molecular flexibility index (Phi) is 7.89. The van der Waals surface area contributed by atoms with Crippen LogP contribution in [-0.4, -0.2) is 22.2 Å². The highest BCUT2D eigenvalue weighted by molar-refractivity contribution is 8.03. The lowest BCUT2D eigenvalue weighted by Crippen LogP contribution is -2.57. The third kappa shape index (κ3) is 5.50. The molecule has 43 heavy (non-hydrogen) atoms. The van der Waals surface area contributed by atoms with E-state index in [4.69, 9.17) is 0 Å². The zero-order valence-corrected chi connectivity index (χ0v) is 26.6. The highest BCUT2D eigenvalue weighted by atomic mass is 32.2. The zero-order valence-electron chi connectivity index (χ0n) is 25.0. The Morgan fingerprint density at radius 1 is 0.837 bits per heavy atom. The van der Waals surface area contributed by atoms with E-state index in [1.54, 1.807) is 16.7 Å². The lowest BCUT2D eigenvalue weighted by molar-refractivity contribution is 0.456. The van der Waals surface area contributed by atoms with Crippen LogP contribution in [0.2, 0.25) is 0 Å². The summed E-state index contributed by atoms with van der Waals surface area (Å²) in [5, 5.41) is 11.5. The maximum absolute atomic E-state index is 4.02. The Morgan fingerprint density at radius 3 is 2.65 bits per heavy atom. The number of hydrogen-bond donors (Lipinski definition) is 2. The van der Waals surface area contributed by atoms with E-state index in [1.807, 2.05) is 23.5 Å². The Bertz CT molecular complexity index is 1540. The molecular formula is C39H42N2S2. The quantitative estimate of drug-likeness (QED) is 0.328. The average Bonchev–Trinajstić information content (AvgIpc) is 3.54. The van der Waals surface area contributed by atoms with Gasteiger partial charge in [0.2, 0.25) is 0 Å². The lowest BCUT2D eigenvalue weighted by Gasteiger charge is -2.41. The van der Waals surface area contributed by atoms with Crippen LogP contribution in [0.25, 0.3) is 0 Å². The molecule has 6 aliphatic carbocycles. The number of thioether (sulfide) groups is 2. The molecule has 0 aromatic carbocycles. The number of hydrogen-bond acceptors (Lipinski definition) is 4. The van der Waals surface area contributed by atoms with Crippen molar-refractivity contribution in [3.05, 3.63) is 142 Å². The maximum atomic E-state index is 4.02. The fraction of sp³-hybridized carbons (Fsp3) is 0.385. The molecule has 220 valence electrons. The second-order valence-corrected chi connectivity index (χ2v) is 15.3. The van der Waals surface area contributed by atoms with Crippen LogP contribution in [0.1, 0.15) is 45.4 Å². The number of fused-ring (bicyclic) bond motifs is 4. The van der Waals surface area contributed by atoms with Crippen LogP contribution in [0.15, 0.2) is 142 Å². The van der Waals surface area contributed by atoms with Crippen LogP contribution >= 0.6 is 23.5 Å². The average molecular weight is 603 g/mol. The van der Waals surface area contributed by atoms with Crippen LogP contribution in [-0.2, 0) is 0 Å². The topological polar surface area (TPSA) is 24.1 Å². The fourth-order valence-electron chi connectivity index (χ4n) is 8.09. The molecule has 0 amide bonds. The van der Waals surface area contributed by atoms with Crippen LogP contribution in [0.4, 0.5) is 0 Å². The first-order chi connectivity index (χ1) is 21.2. The summed E-state index contributed by atoms with van der Waals surface area (Å²) < 4.78 is 0. The highest BCUT2D eigenvalue weighted by Gasteiger charge is 2.40. The molecule has 0 saturated carbocycles. The molecule has 2 heterocycles. The summed E-state index contributed by atoms with van der Waals surface area (Å²) in [5.74, 6) is 1.98. The SMILES string of the molecule is CC1=CC=CC2C=CC3=C(C(CC4C=C(C5NC(C6=CCCC=C6)SC(C6=CC=CCC6)N5)C=CC4)=CC4C=CSC34)C12. The van der Waals surface area contributed by atoms with Crippen LogP contribution in [0.5, 0.6) is 0 Å². The first-order valence-electron chi connectivity index (χ1n) is 16.3. The molecule has 2 N–H and O–H groups in total. The van der Waals surface area contributed by atoms with Gasteiger partial charge in [-0.3, -0.25) is 10.6 Å². The molecule has 2 aliphatic heterocycles. The standard InChI is InChI=1S/C39H42N2S2/c1-25-10-8-16-27-18-19-33-35(34(25)27)32(24-30-20-21-42-36(30)33)23-26-11-9-17-31(22-26)37-40-38(28-12-4-2-5-13-28)43-39(41-37)29-14-6-3-7-15-29/h2,4,6,8-10,12,14-22,24,26-27,30,34,36-41H,3,5,7,11,13,23H2,1H3. The number of nitrogens with one attached hydrogen (secondary N) is 2. The van der Waals surface area contributed by atoms with Crippen molar-refractivity contribution in [2.45, 2.75) is 67.6 Å². The van der Waals surface area contributed by atoms with Crippen molar-refractivity contribution < 1.29 is 0 Å². The van der Waals surface area contributed by atoms with Gasteiger partial charge in [-0.05, 0) is 90.2 Å². The molecule has 1 fully saturated rings. The molecule has 0 spiro atoms. The van der Waals surface area contributed by atoms with E-state index in [9.17, 15) is 0 Å². The van der Waals surface area contributed by atoms with Gasteiger partial charge in [0.05, 0.1) is 16.9 Å². The molecule has 8 atom stereocenters. The molecular weight excluding hydrogens is 561 g/mol. The van der Waals surface area contributed by atoms with Gasteiger partial charge in [0.25, 0.3) is 0 Å². The minimum atomic E-state index is 0.141. The molecule has 0 aromatic heterocycles. The first kappa shape index (κ1) is 28.0. The third-order valence-corrected chi connectivity index (χ3v) is 12.8. The van der Waals surface area contributed by atoms with Crippen molar-refractivity contribution in [3.63, 3.8) is 0 Å². The summed E-state index contributed by atoms with van der Waals surface area (Å²) in [5.41, 5.74) is 10.7. The molecule has 1 saturated heterocycles. The Labute approximate surface area is 266 Å². The molecule has 8 rings (SSSR count). The van der Waals surface area contributed by atoms with E-state index >= 15 is 0 Å². The van der Waals surface area contributed by atoms with Crippen molar-refractivity contribution in [1.82, 2.24) is 10.6 Å². The van der Waals surface area contributed by atoms with Crippen molar-refractivity contribution in [1.29, 1.82) is 0 Å². The van der Waals surface area contributed by atoms with Crippen molar-refractivity contribution >= 4 is 23.5 Å². The fourth-order valence-corrected chi connectivity index (χ4v) is 10.6. The van der Waals surface area contributed by atoms with E-state index in [0.29, 0.717) is 39.7 Å². The lowest BCUT2D eigenvalue weighted by atomic mass is 9.66. The van der Waals surface area contributed by atoms with Gasteiger partial charge in [-0.1, -0.05) is 103 Å². The summed E-state index contributed by atoms with van der Waals surface area (Å²) >= 11 is 4.05. The van der Waals surface area contributed by atoms with Gasteiger partial charge in [-0.2, -0.15) is 0 Å². The van der Waals surface area contributed by atoms with Gasteiger partial charge in [-0.15, -0.1) is 23.5 Å². The normalized spacial score (nSPS) is 37.7. The van der Waals surface area contributed by atoms with Crippen molar-refractivity contribution in [3.8, 4) is 0 Å². The van der Waals surface area contributed by atoms with E-state index in [-0.39, 0.29) is 6.17 Å². The number of rotatable bonds is 5. The molecule has 2 nitrogen and oxygen atoms in total. The molecule has 0 aromatic rings. The van der Waals surface area contributed by atoms with E-state index in [2.05, 4.69) is 120 Å². The summed E-state index contributed by atoms with van der Waals surface area (Å²) in [6.45, 7) is 2.34. The van der Waals surface area contributed by atoms with Crippen molar-refractivity contribution in [2.24, 2.45) is 23.7 Å². The largest absolute Gasteiger partial charge is 0.283 e. The highest BCUT2D eigenvalue weighted by Crippen LogP contribution is 2.52. The smallest absolute Gasteiger partial charge is 0.0854 e. The van der Waals surface area contributed by atoms with E-state index < -0.39 is 0 Å². The summed E-state index contributed by atoms with van der Waals surface area (Å²) in [6.07, 6.45) is 45.4.